The third-order valence-corrected chi connectivity index (χ3v) is 7.48. The second-order valence-corrected chi connectivity index (χ2v) is 9.48. The molecule has 37 heavy (non-hydrogen) atoms. The van der Waals surface area contributed by atoms with Gasteiger partial charge in [-0.3, -0.25) is 19.2 Å². The van der Waals surface area contributed by atoms with Crippen LogP contribution in [0.3, 0.4) is 0 Å². The van der Waals surface area contributed by atoms with Gasteiger partial charge in [0.15, 0.2) is 0 Å². The van der Waals surface area contributed by atoms with E-state index in [4.69, 9.17) is 16.3 Å². The van der Waals surface area contributed by atoms with Crippen LogP contribution < -0.4 is 4.90 Å². The van der Waals surface area contributed by atoms with E-state index in [1.807, 2.05) is 0 Å². The summed E-state index contributed by atoms with van der Waals surface area (Å²) < 4.78 is 46.5. The fourth-order valence-corrected chi connectivity index (χ4v) is 5.76. The van der Waals surface area contributed by atoms with E-state index in [1.165, 1.54) is 12.1 Å². The van der Waals surface area contributed by atoms with E-state index < -0.39 is 64.3 Å². The summed E-state index contributed by atoms with van der Waals surface area (Å²) in [6.07, 6.45) is -5.95. The van der Waals surface area contributed by atoms with Crippen molar-refractivity contribution < 1.29 is 37.1 Å². The molecule has 6 rings (SSSR count). The topological polar surface area (TPSA) is 80.8 Å². The highest BCUT2D eigenvalue weighted by Crippen LogP contribution is 2.58. The predicted octanol–water partition coefficient (Wildman–Crippen LogP) is 5.05. The van der Waals surface area contributed by atoms with Crippen LogP contribution in [-0.2, 0) is 20.5 Å². The quantitative estimate of drug-likeness (QED) is 0.345. The van der Waals surface area contributed by atoms with Crippen LogP contribution in [0, 0.1) is 11.8 Å². The van der Waals surface area contributed by atoms with Gasteiger partial charge < -0.3 is 4.74 Å². The number of carbonyl (C=O) groups excluding carboxylic acids is 4. The van der Waals surface area contributed by atoms with Crippen molar-refractivity contribution in [2.45, 2.75) is 17.9 Å². The van der Waals surface area contributed by atoms with Crippen molar-refractivity contribution >= 4 is 40.7 Å². The Bertz CT molecular complexity index is 1480. The normalized spacial score (nSPS) is 24.2. The maximum absolute atomic E-state index is 13.9. The Kier molecular flexibility index (Phi) is 4.99. The molecule has 2 heterocycles. The first-order valence-corrected chi connectivity index (χ1v) is 11.6. The lowest BCUT2D eigenvalue weighted by Crippen LogP contribution is -2.51. The first-order chi connectivity index (χ1) is 17.6. The number of carbonyl (C=O) groups is 4. The summed E-state index contributed by atoms with van der Waals surface area (Å²) in [7, 11) is 0. The molecule has 3 aromatic carbocycles. The predicted molar refractivity (Wildman–Crippen MR) is 124 cm³/mol. The van der Waals surface area contributed by atoms with E-state index >= 15 is 0 Å². The Hall–Kier alpha value is -3.82. The molecule has 2 fully saturated rings. The molecule has 0 aromatic heterocycles. The average Bonchev–Trinajstić information content (AvgIpc) is 3.44. The molecule has 0 unspecified atom stereocenters. The van der Waals surface area contributed by atoms with Gasteiger partial charge in [0, 0.05) is 11.1 Å². The number of alkyl halides is 3. The van der Waals surface area contributed by atoms with Crippen LogP contribution >= 0.6 is 11.6 Å². The number of imide groups is 1. The molecule has 2 saturated heterocycles. The van der Waals surface area contributed by atoms with Crippen LogP contribution in [0.15, 0.2) is 72.8 Å². The van der Waals surface area contributed by atoms with Gasteiger partial charge in [-0.05, 0) is 23.8 Å². The van der Waals surface area contributed by atoms with Crippen LogP contribution in [0.2, 0.25) is 5.02 Å². The van der Waals surface area contributed by atoms with Crippen molar-refractivity contribution in [2.75, 3.05) is 4.90 Å². The maximum Gasteiger partial charge on any atom is 0.416 e. The summed E-state index contributed by atoms with van der Waals surface area (Å²) in [5.41, 5.74) is -3.38. The van der Waals surface area contributed by atoms with Crippen molar-refractivity contribution in [3.63, 3.8) is 0 Å². The molecule has 3 aromatic rings. The molecule has 3 aliphatic rings. The van der Waals surface area contributed by atoms with Crippen molar-refractivity contribution in [2.24, 2.45) is 11.8 Å². The van der Waals surface area contributed by atoms with E-state index in [9.17, 15) is 32.3 Å². The van der Waals surface area contributed by atoms with Crippen LogP contribution in [0.4, 0.5) is 18.9 Å². The van der Waals surface area contributed by atoms with Gasteiger partial charge in [0.05, 0.1) is 34.2 Å². The molecule has 6 nitrogen and oxygen atoms in total. The number of halogens is 4. The van der Waals surface area contributed by atoms with Gasteiger partial charge >= 0.3 is 6.18 Å². The molecule has 186 valence electrons. The SMILES string of the molecule is O=C1[C@H]2[C@@H](c3ccccc3)OC3(C(=O)c4ccccc4C3=O)[C@H]2C(=O)N1c1cc(C(F)(F)F)ccc1Cl. The minimum atomic E-state index is -4.77. The van der Waals surface area contributed by atoms with Gasteiger partial charge in [-0.2, -0.15) is 13.2 Å². The van der Waals surface area contributed by atoms with Gasteiger partial charge in [0.2, 0.25) is 29.0 Å². The van der Waals surface area contributed by atoms with Gasteiger partial charge in [0.25, 0.3) is 0 Å². The van der Waals surface area contributed by atoms with Crippen LogP contribution in [0.1, 0.15) is 37.9 Å². The first kappa shape index (κ1) is 23.6. The molecule has 2 amide bonds. The third kappa shape index (κ3) is 3.10. The standard InChI is InChI=1S/C27H15ClF3NO5/c28-17-11-10-14(27(29,30)31)12-18(17)32-24(35)19-20(25(32)36)26(37-21(19)13-6-2-1-3-7-13)22(33)15-8-4-5-9-16(15)23(26)34/h1-12,19-21H/t19-,20-,21-/m1/s1. The first-order valence-electron chi connectivity index (χ1n) is 11.2. The maximum atomic E-state index is 13.9. The second kappa shape index (κ2) is 7.84. The molecule has 2 aliphatic heterocycles. The fraction of sp³-hybridized carbons (Fsp3) is 0.185. The number of ether oxygens (including phenoxy) is 1. The number of fused-ring (bicyclic) bond motifs is 3. The van der Waals surface area contributed by atoms with Gasteiger partial charge in [-0.15, -0.1) is 0 Å². The molecule has 0 N–H and O–H groups in total. The minimum Gasteiger partial charge on any atom is -0.349 e. The molecule has 10 heteroatoms. The number of rotatable bonds is 2. The molecule has 0 saturated carbocycles. The summed E-state index contributed by atoms with van der Waals surface area (Å²) in [5.74, 6) is -6.40. The minimum absolute atomic E-state index is 0.0516. The number of anilines is 1. The van der Waals surface area contributed by atoms with E-state index in [0.29, 0.717) is 16.5 Å². The molecule has 1 spiro atoms. The number of benzene rings is 3. The Morgan fingerprint density at radius 3 is 2.00 bits per heavy atom. The number of ketones is 2. The highest BCUT2D eigenvalue weighted by molar-refractivity contribution is 6.39. The number of Topliss-reactive ketones (excluding diaryl/α,β-unsaturated/α-hetero) is 2. The highest BCUT2D eigenvalue weighted by atomic mass is 35.5. The molecular weight excluding hydrogens is 511 g/mol. The third-order valence-electron chi connectivity index (χ3n) is 7.16. The van der Waals surface area contributed by atoms with Gasteiger partial charge in [0.1, 0.15) is 0 Å². The summed E-state index contributed by atoms with van der Waals surface area (Å²) in [6.45, 7) is 0. The van der Waals surface area contributed by atoms with E-state index in [0.717, 1.165) is 12.1 Å². The highest BCUT2D eigenvalue weighted by Gasteiger charge is 2.74. The number of nitrogens with zero attached hydrogens (tertiary/aromatic N) is 1. The molecule has 0 radical (unpaired) electrons. The Morgan fingerprint density at radius 2 is 1.41 bits per heavy atom. The van der Waals surface area contributed by atoms with Crippen LogP contribution in [0.5, 0.6) is 0 Å². The zero-order valence-electron chi connectivity index (χ0n) is 18.7. The fourth-order valence-electron chi connectivity index (χ4n) is 5.56. The lowest BCUT2D eigenvalue weighted by Gasteiger charge is -2.27. The summed E-state index contributed by atoms with van der Waals surface area (Å²) in [4.78, 5) is 55.6. The second-order valence-electron chi connectivity index (χ2n) is 9.07. The molecule has 1 aliphatic carbocycles. The molecule has 3 atom stereocenters. The average molecular weight is 526 g/mol. The molecule has 0 bridgehead atoms. The largest absolute Gasteiger partial charge is 0.416 e. The van der Waals surface area contributed by atoms with E-state index in [1.54, 1.807) is 42.5 Å². The zero-order valence-corrected chi connectivity index (χ0v) is 19.4. The van der Waals surface area contributed by atoms with E-state index in [2.05, 4.69) is 0 Å². The number of hydrogen-bond donors (Lipinski definition) is 0. The van der Waals surface area contributed by atoms with Gasteiger partial charge in [-0.1, -0.05) is 66.2 Å². The summed E-state index contributed by atoms with van der Waals surface area (Å²) in [6, 6.07) is 16.5. The monoisotopic (exact) mass is 525 g/mol. The lowest BCUT2D eigenvalue weighted by atomic mass is 9.77. The zero-order chi connectivity index (χ0) is 26.3. The number of amides is 2. The Morgan fingerprint density at radius 1 is 0.811 bits per heavy atom. The van der Waals surface area contributed by atoms with Crippen LogP contribution in [0.25, 0.3) is 0 Å². The van der Waals surface area contributed by atoms with Crippen LogP contribution in [-0.4, -0.2) is 29.0 Å². The van der Waals surface area contributed by atoms with Gasteiger partial charge in [-0.25, -0.2) is 4.90 Å². The van der Waals surface area contributed by atoms with Crippen molar-refractivity contribution in [3.8, 4) is 0 Å². The number of hydrogen-bond acceptors (Lipinski definition) is 5. The summed E-state index contributed by atoms with van der Waals surface area (Å²) in [5, 5.41) is -0.270. The van der Waals surface area contributed by atoms with E-state index in [-0.39, 0.29) is 16.1 Å². The Labute approximate surface area is 212 Å². The lowest BCUT2D eigenvalue weighted by molar-refractivity contribution is -0.137. The summed E-state index contributed by atoms with van der Waals surface area (Å²) >= 11 is 6.17. The van der Waals surface area contributed by atoms with Crippen molar-refractivity contribution in [3.05, 3.63) is 100 Å². The molecular formula is C27H15ClF3NO5. The smallest absolute Gasteiger partial charge is 0.349 e. The van der Waals surface area contributed by atoms with Crippen molar-refractivity contribution in [1.29, 1.82) is 0 Å². The van der Waals surface area contributed by atoms with Crippen molar-refractivity contribution in [1.82, 2.24) is 0 Å². The Balaban J connectivity index is 1.55.